The minimum absolute atomic E-state index is 0.0236. The van der Waals surface area contributed by atoms with Gasteiger partial charge in [-0.05, 0) is 24.7 Å². The van der Waals surface area contributed by atoms with Crippen molar-refractivity contribution >= 4 is 5.97 Å². The normalized spacial score (nSPS) is 19.0. The van der Waals surface area contributed by atoms with Crippen LogP contribution in [0.3, 0.4) is 0 Å². The second-order valence-corrected chi connectivity index (χ2v) is 4.58. The molecule has 0 saturated carbocycles. The van der Waals surface area contributed by atoms with Gasteiger partial charge in [0.05, 0.1) is 5.69 Å². The molecule has 0 aromatic carbocycles. The molecule has 0 atom stereocenters. The van der Waals surface area contributed by atoms with Crippen LogP contribution in [0.4, 0.5) is 0 Å². The lowest BCUT2D eigenvalue weighted by molar-refractivity contribution is 0.0650. The van der Waals surface area contributed by atoms with E-state index in [1.54, 1.807) is 0 Å². The average Bonchev–Trinajstić information content (AvgIpc) is 2.44. The maximum atomic E-state index is 10.8. The van der Waals surface area contributed by atoms with Gasteiger partial charge >= 0.3 is 5.97 Å². The summed E-state index contributed by atoms with van der Waals surface area (Å²) in [5.74, 6) is -0.992. The molecule has 1 N–H and O–H groups in total. The third kappa shape index (κ3) is 1.41. The van der Waals surface area contributed by atoms with Gasteiger partial charge in [-0.1, -0.05) is 19.0 Å². The van der Waals surface area contributed by atoms with E-state index in [1.165, 1.54) is 0 Å². The minimum atomic E-state index is -1.02. The van der Waals surface area contributed by atoms with Crippen LogP contribution in [0.1, 0.15) is 42.1 Å². The Labute approximate surface area is 81.9 Å². The number of carbonyl (C=O) groups is 1. The number of carboxylic acid groups (broad SMARTS) is 1. The molecule has 0 amide bonds. The van der Waals surface area contributed by atoms with Crippen LogP contribution in [0, 0.1) is 5.41 Å². The van der Waals surface area contributed by atoms with Crippen molar-refractivity contribution in [2.45, 2.75) is 33.1 Å². The highest BCUT2D eigenvalue weighted by Crippen LogP contribution is 2.35. The lowest BCUT2D eigenvalue weighted by atomic mass is 9.76. The predicted octanol–water partition coefficient (Wildman–Crippen LogP) is 1.89. The maximum Gasteiger partial charge on any atom is 0.375 e. The first-order valence-corrected chi connectivity index (χ1v) is 4.70. The minimum Gasteiger partial charge on any atom is -0.475 e. The van der Waals surface area contributed by atoms with E-state index in [2.05, 4.69) is 19.0 Å². The molecule has 0 saturated heterocycles. The van der Waals surface area contributed by atoms with E-state index in [-0.39, 0.29) is 11.2 Å². The maximum absolute atomic E-state index is 10.8. The first-order valence-electron chi connectivity index (χ1n) is 4.70. The van der Waals surface area contributed by atoms with Gasteiger partial charge in [-0.2, -0.15) is 0 Å². The van der Waals surface area contributed by atoms with Crippen LogP contribution in [0.15, 0.2) is 4.52 Å². The third-order valence-corrected chi connectivity index (χ3v) is 2.76. The average molecular weight is 195 g/mol. The van der Waals surface area contributed by atoms with Gasteiger partial charge in [0.25, 0.3) is 0 Å². The molecule has 4 heteroatoms. The van der Waals surface area contributed by atoms with Crippen molar-refractivity contribution in [3.05, 3.63) is 17.0 Å². The van der Waals surface area contributed by atoms with Crippen molar-refractivity contribution < 1.29 is 14.4 Å². The fourth-order valence-electron chi connectivity index (χ4n) is 1.91. The Morgan fingerprint density at radius 1 is 1.57 bits per heavy atom. The number of aromatic nitrogens is 1. The van der Waals surface area contributed by atoms with Gasteiger partial charge < -0.3 is 9.63 Å². The molecule has 0 unspecified atom stereocenters. The number of hydrogen-bond donors (Lipinski definition) is 1. The summed E-state index contributed by atoms with van der Waals surface area (Å²) in [5, 5.41) is 12.6. The standard InChI is InChI=1S/C10H13NO3/c1-10(2)4-3-6-7(5-10)11-14-8(6)9(12)13/h3-5H2,1-2H3,(H,12,13). The van der Waals surface area contributed by atoms with Gasteiger partial charge in [0.2, 0.25) is 5.76 Å². The number of aromatic carboxylic acids is 1. The smallest absolute Gasteiger partial charge is 0.375 e. The molecule has 1 aliphatic rings. The SMILES string of the molecule is CC1(C)CCc2c(noc2C(=O)O)C1. The summed E-state index contributed by atoms with van der Waals surface area (Å²) >= 11 is 0. The second-order valence-electron chi connectivity index (χ2n) is 4.58. The van der Waals surface area contributed by atoms with Gasteiger partial charge in [-0.15, -0.1) is 0 Å². The van der Waals surface area contributed by atoms with Crippen LogP contribution < -0.4 is 0 Å². The van der Waals surface area contributed by atoms with Crippen molar-refractivity contribution in [2.75, 3.05) is 0 Å². The van der Waals surface area contributed by atoms with Crippen molar-refractivity contribution in [3.63, 3.8) is 0 Å². The Morgan fingerprint density at radius 2 is 2.29 bits per heavy atom. The molecule has 1 heterocycles. The van der Waals surface area contributed by atoms with Crippen molar-refractivity contribution in [1.82, 2.24) is 5.16 Å². The third-order valence-electron chi connectivity index (χ3n) is 2.76. The van der Waals surface area contributed by atoms with Crippen LogP contribution in [0.25, 0.3) is 0 Å². The number of rotatable bonds is 1. The second kappa shape index (κ2) is 2.83. The lowest BCUT2D eigenvalue weighted by Gasteiger charge is -2.27. The summed E-state index contributed by atoms with van der Waals surface area (Å²) in [5.41, 5.74) is 1.81. The summed E-state index contributed by atoms with van der Waals surface area (Å²) in [6.45, 7) is 4.32. The summed E-state index contributed by atoms with van der Waals surface area (Å²) in [6, 6.07) is 0. The Morgan fingerprint density at radius 3 is 2.93 bits per heavy atom. The molecule has 76 valence electrons. The van der Waals surface area contributed by atoms with E-state index < -0.39 is 5.97 Å². The molecular formula is C10H13NO3. The molecule has 1 aromatic rings. The largest absolute Gasteiger partial charge is 0.475 e. The lowest BCUT2D eigenvalue weighted by Crippen LogP contribution is -2.22. The van der Waals surface area contributed by atoms with Crippen molar-refractivity contribution in [3.8, 4) is 0 Å². The van der Waals surface area contributed by atoms with E-state index in [1.807, 2.05) is 0 Å². The Balaban J connectivity index is 2.39. The van der Waals surface area contributed by atoms with Crippen molar-refractivity contribution in [2.24, 2.45) is 5.41 Å². The topological polar surface area (TPSA) is 63.3 Å². The molecule has 0 aliphatic heterocycles. The zero-order valence-electron chi connectivity index (χ0n) is 8.33. The van der Waals surface area contributed by atoms with Crippen LogP contribution in [-0.4, -0.2) is 16.2 Å². The van der Waals surface area contributed by atoms with Crippen molar-refractivity contribution in [1.29, 1.82) is 0 Å². The number of nitrogens with zero attached hydrogens (tertiary/aromatic N) is 1. The van der Waals surface area contributed by atoms with E-state index in [0.717, 1.165) is 30.5 Å². The Kier molecular flexibility index (Phi) is 1.87. The van der Waals surface area contributed by atoms with Crippen LogP contribution in [0.2, 0.25) is 0 Å². The molecule has 0 spiro atoms. The van der Waals surface area contributed by atoms with E-state index in [4.69, 9.17) is 9.63 Å². The van der Waals surface area contributed by atoms with Gasteiger partial charge in [-0.25, -0.2) is 4.79 Å². The van der Waals surface area contributed by atoms with E-state index in [0.29, 0.717) is 0 Å². The molecule has 0 radical (unpaired) electrons. The van der Waals surface area contributed by atoms with Gasteiger partial charge in [0.15, 0.2) is 0 Å². The van der Waals surface area contributed by atoms with Crippen LogP contribution in [-0.2, 0) is 12.8 Å². The highest BCUT2D eigenvalue weighted by atomic mass is 16.5. The first kappa shape index (κ1) is 9.24. The summed E-state index contributed by atoms with van der Waals surface area (Å²) in [6.07, 6.45) is 2.55. The highest BCUT2D eigenvalue weighted by Gasteiger charge is 2.32. The number of fused-ring (bicyclic) bond motifs is 1. The zero-order chi connectivity index (χ0) is 10.3. The van der Waals surface area contributed by atoms with Gasteiger partial charge in [0, 0.05) is 5.56 Å². The quantitative estimate of drug-likeness (QED) is 0.743. The summed E-state index contributed by atoms with van der Waals surface area (Å²) in [4.78, 5) is 10.8. The van der Waals surface area contributed by atoms with Gasteiger partial charge in [-0.3, -0.25) is 0 Å². The van der Waals surface area contributed by atoms with Gasteiger partial charge in [0.1, 0.15) is 0 Å². The molecular weight excluding hydrogens is 182 g/mol. The highest BCUT2D eigenvalue weighted by molar-refractivity contribution is 5.86. The van der Waals surface area contributed by atoms with Crippen LogP contribution in [0.5, 0.6) is 0 Å². The zero-order valence-corrected chi connectivity index (χ0v) is 8.33. The first-order chi connectivity index (χ1) is 6.49. The molecule has 1 aromatic heterocycles. The molecule has 4 nitrogen and oxygen atoms in total. The van der Waals surface area contributed by atoms with Crippen LogP contribution >= 0.6 is 0 Å². The fourth-order valence-corrected chi connectivity index (χ4v) is 1.91. The Bertz CT molecular complexity index is 379. The summed E-state index contributed by atoms with van der Waals surface area (Å²) in [7, 11) is 0. The molecule has 2 rings (SSSR count). The number of carboxylic acids is 1. The monoisotopic (exact) mass is 195 g/mol. The predicted molar refractivity (Wildman–Crippen MR) is 49.3 cm³/mol. The summed E-state index contributed by atoms with van der Waals surface area (Å²) < 4.78 is 4.82. The van der Waals surface area contributed by atoms with E-state index in [9.17, 15) is 4.79 Å². The molecule has 14 heavy (non-hydrogen) atoms. The molecule has 0 fully saturated rings. The Hall–Kier alpha value is -1.32. The fraction of sp³-hybridized carbons (Fsp3) is 0.600. The van der Waals surface area contributed by atoms with E-state index >= 15 is 0 Å². The number of hydrogen-bond acceptors (Lipinski definition) is 3. The molecule has 1 aliphatic carbocycles. The molecule has 0 bridgehead atoms.